The van der Waals surface area contributed by atoms with Gasteiger partial charge in [0.2, 0.25) is 0 Å². The van der Waals surface area contributed by atoms with Crippen molar-refractivity contribution in [1.82, 2.24) is 0 Å². The van der Waals surface area contributed by atoms with E-state index in [4.69, 9.17) is 37.9 Å². The van der Waals surface area contributed by atoms with E-state index in [-0.39, 0.29) is 47.4 Å². The van der Waals surface area contributed by atoms with Crippen LogP contribution in [0.2, 0.25) is 0 Å². The van der Waals surface area contributed by atoms with Crippen LogP contribution in [0.15, 0.2) is 135 Å². The summed E-state index contributed by atoms with van der Waals surface area (Å²) < 4.78 is 51.0. The number of carbonyl (C=O) groups excluding carboxylic acids is 4. The summed E-state index contributed by atoms with van der Waals surface area (Å²) in [6.45, 7) is 33.9. The molecule has 500 valence electrons. The Hall–Kier alpha value is -3.24. The van der Waals surface area contributed by atoms with Crippen LogP contribution in [0.4, 0.5) is 0 Å². The molecule has 0 bridgehead atoms. The Morgan fingerprint density at radius 2 is 0.573 bits per heavy atom. The molecular formula is C69H96Br8O12. The van der Waals surface area contributed by atoms with Gasteiger partial charge in [-0.05, 0) is 222 Å². The standard InChI is InChI=1S/C19H26Br2O3.C18H24Br2O3.C15H18Br2O3.C14H16Br2O3.3CH4/c1-4-14(3)16-12-15(20)13-17(21)19(16)24-11-9-7-6-8-10-23-18(22)5-2;1-4-17(21)22-9-7-5-6-8-10-23-18-15(13(2)3)11-14(19)12-16(18)20;1-4-10(3)12-8-11(16)9-13(17)15(12)20-7-6-19-14(18)5-2;1-4-13(17)18-5-6-19-14-11(9(2)3)7-10(15)8-12(14)16;;;/h5,12-14H,2,4,6-11H2,1,3H3;4,11-13H,1,5-10H2,2-3H3;5,8-10H,2,4,6-7H2,1,3H3;4,7-9H,1,5-6H2,2-3H3;3*1H4. The van der Waals surface area contributed by atoms with Gasteiger partial charge in [0.1, 0.15) is 49.4 Å². The summed E-state index contributed by atoms with van der Waals surface area (Å²) in [5, 5.41) is 0. The van der Waals surface area contributed by atoms with Crippen molar-refractivity contribution in [3.63, 3.8) is 0 Å². The number of benzene rings is 4. The number of hydrogen-bond acceptors (Lipinski definition) is 12. The van der Waals surface area contributed by atoms with Crippen LogP contribution in [0.25, 0.3) is 0 Å². The minimum atomic E-state index is -0.442. The molecule has 0 amide bonds. The number of rotatable bonds is 34. The van der Waals surface area contributed by atoms with Crippen molar-refractivity contribution in [1.29, 1.82) is 0 Å². The zero-order chi connectivity index (χ0) is 64.7. The lowest BCUT2D eigenvalue weighted by atomic mass is 9.98. The Morgan fingerprint density at radius 1 is 0.348 bits per heavy atom. The third kappa shape index (κ3) is 37.3. The molecule has 4 rings (SSSR count). The fraction of sp³-hybridized carbons (Fsp3) is 0.478. The largest absolute Gasteiger partial charge is 0.492 e. The van der Waals surface area contributed by atoms with Gasteiger partial charge in [0.15, 0.2) is 0 Å². The second kappa shape index (κ2) is 52.2. The molecule has 2 atom stereocenters. The van der Waals surface area contributed by atoms with Crippen LogP contribution in [0.5, 0.6) is 23.0 Å². The number of halogens is 8. The number of unbranched alkanes of at least 4 members (excludes halogenated alkanes) is 6. The first-order valence-electron chi connectivity index (χ1n) is 28.5. The minimum absolute atomic E-state index is 0. The lowest BCUT2D eigenvalue weighted by Gasteiger charge is -2.18. The van der Waals surface area contributed by atoms with Crippen molar-refractivity contribution in [2.75, 3.05) is 52.9 Å². The number of carbonyl (C=O) groups is 4. The highest BCUT2D eigenvalue weighted by atomic mass is 79.9. The van der Waals surface area contributed by atoms with E-state index in [2.05, 4.69) is 227 Å². The summed E-state index contributed by atoms with van der Waals surface area (Å²) in [7, 11) is 0. The third-order valence-corrected chi connectivity index (χ3v) is 16.7. The Bertz CT molecular complexity index is 2770. The summed E-state index contributed by atoms with van der Waals surface area (Å²) >= 11 is 28.2. The Balaban J connectivity index is -0.00000110. The fourth-order valence-corrected chi connectivity index (χ4v) is 13.1. The van der Waals surface area contributed by atoms with Gasteiger partial charge in [0.25, 0.3) is 0 Å². The molecule has 0 radical (unpaired) electrons. The highest BCUT2D eigenvalue weighted by molar-refractivity contribution is 9.12. The molecule has 0 saturated carbocycles. The van der Waals surface area contributed by atoms with E-state index in [0.717, 1.165) is 146 Å². The predicted molar refractivity (Wildman–Crippen MR) is 397 cm³/mol. The highest BCUT2D eigenvalue weighted by Crippen LogP contribution is 2.41. The van der Waals surface area contributed by atoms with Crippen molar-refractivity contribution < 1.29 is 57.1 Å². The van der Waals surface area contributed by atoms with E-state index in [0.29, 0.717) is 63.3 Å². The fourth-order valence-electron chi connectivity index (χ4n) is 7.58. The van der Waals surface area contributed by atoms with Crippen molar-refractivity contribution in [2.45, 2.75) is 166 Å². The first-order chi connectivity index (χ1) is 40.9. The zero-order valence-electron chi connectivity index (χ0n) is 50.7. The van der Waals surface area contributed by atoms with Gasteiger partial charge in [-0.25, -0.2) is 19.2 Å². The Morgan fingerprint density at radius 3 is 0.820 bits per heavy atom. The molecule has 12 nitrogen and oxygen atoms in total. The van der Waals surface area contributed by atoms with Gasteiger partial charge in [-0.2, -0.15) is 0 Å². The van der Waals surface area contributed by atoms with Gasteiger partial charge < -0.3 is 37.9 Å². The van der Waals surface area contributed by atoms with Gasteiger partial charge in [0, 0.05) is 42.2 Å². The molecule has 0 aromatic heterocycles. The van der Waals surface area contributed by atoms with Crippen molar-refractivity contribution in [3.05, 3.63) is 157 Å². The average molecular weight is 1760 g/mol. The molecule has 0 aliphatic heterocycles. The maximum absolute atomic E-state index is 10.9. The van der Waals surface area contributed by atoms with Gasteiger partial charge in [0.05, 0.1) is 44.3 Å². The summed E-state index contributed by atoms with van der Waals surface area (Å²) in [6.07, 6.45) is 14.6. The molecule has 20 heteroatoms. The number of ether oxygens (including phenoxy) is 8. The molecule has 89 heavy (non-hydrogen) atoms. The van der Waals surface area contributed by atoms with Crippen molar-refractivity contribution in [2.24, 2.45) is 0 Å². The molecule has 4 aromatic rings. The van der Waals surface area contributed by atoms with Crippen LogP contribution in [-0.2, 0) is 38.1 Å². The van der Waals surface area contributed by atoms with E-state index in [1.165, 1.54) is 23.3 Å². The van der Waals surface area contributed by atoms with E-state index in [1.54, 1.807) is 0 Å². The summed E-state index contributed by atoms with van der Waals surface area (Å²) in [4.78, 5) is 43.6. The zero-order valence-corrected chi connectivity index (χ0v) is 63.4. The van der Waals surface area contributed by atoms with Crippen LogP contribution in [0, 0.1) is 0 Å². The molecule has 0 aliphatic rings. The van der Waals surface area contributed by atoms with Gasteiger partial charge >= 0.3 is 23.9 Å². The monoisotopic (exact) mass is 1750 g/mol. The van der Waals surface area contributed by atoms with Crippen molar-refractivity contribution >= 4 is 151 Å². The molecular weight excluding hydrogens is 1660 g/mol. The maximum atomic E-state index is 10.9. The minimum Gasteiger partial charge on any atom is -0.492 e. The maximum Gasteiger partial charge on any atom is 0.330 e. The molecule has 0 heterocycles. The van der Waals surface area contributed by atoms with Crippen LogP contribution in [0.3, 0.4) is 0 Å². The second-order valence-corrected chi connectivity index (χ2v) is 26.9. The molecule has 2 unspecified atom stereocenters. The van der Waals surface area contributed by atoms with Crippen LogP contribution >= 0.6 is 127 Å². The van der Waals surface area contributed by atoms with Crippen LogP contribution < -0.4 is 18.9 Å². The molecule has 4 aromatic carbocycles. The molecule has 0 aliphatic carbocycles. The van der Waals surface area contributed by atoms with E-state index in [9.17, 15) is 19.2 Å². The van der Waals surface area contributed by atoms with Gasteiger partial charge in [-0.1, -0.05) is 168 Å². The summed E-state index contributed by atoms with van der Waals surface area (Å²) in [5.41, 5.74) is 4.65. The van der Waals surface area contributed by atoms with E-state index >= 15 is 0 Å². The Kier molecular flexibility index (Phi) is 52.7. The summed E-state index contributed by atoms with van der Waals surface area (Å²) in [6, 6.07) is 16.2. The molecule has 0 fully saturated rings. The van der Waals surface area contributed by atoms with Crippen LogP contribution in [-0.4, -0.2) is 76.7 Å². The lowest BCUT2D eigenvalue weighted by molar-refractivity contribution is -0.139. The average Bonchev–Trinajstić information content (AvgIpc) is 3.02. The highest BCUT2D eigenvalue weighted by Gasteiger charge is 2.18. The van der Waals surface area contributed by atoms with E-state index < -0.39 is 11.9 Å². The molecule has 0 N–H and O–H groups in total. The number of hydrogen-bond donors (Lipinski definition) is 0. The first-order valence-corrected chi connectivity index (χ1v) is 34.9. The quantitative estimate of drug-likeness (QED) is 0.0190. The Labute approximate surface area is 601 Å². The van der Waals surface area contributed by atoms with Crippen LogP contribution in [0.1, 0.15) is 188 Å². The van der Waals surface area contributed by atoms with Gasteiger partial charge in [-0.15, -0.1) is 0 Å². The predicted octanol–water partition coefficient (Wildman–Crippen LogP) is 23.6. The smallest absolute Gasteiger partial charge is 0.330 e. The van der Waals surface area contributed by atoms with E-state index in [1.807, 2.05) is 30.3 Å². The van der Waals surface area contributed by atoms with Gasteiger partial charge in [-0.3, -0.25) is 0 Å². The molecule has 0 spiro atoms. The topological polar surface area (TPSA) is 142 Å². The first kappa shape index (κ1) is 90.0. The normalized spacial score (nSPS) is 10.8. The third-order valence-electron chi connectivity index (χ3n) is 12.6. The SMILES string of the molecule is C.C.C.C=CC(=O)OCCCCCCOc1c(Br)cc(Br)cc1C(C)C.C=CC(=O)OCCCCCCOc1c(Br)cc(Br)cc1C(C)CC.C=CC(=O)OCCOc1c(Br)cc(Br)cc1C(C)C.C=CC(=O)OCCOc1c(Br)cc(Br)cc1C(C)CC. The lowest BCUT2D eigenvalue weighted by Crippen LogP contribution is -2.11. The number of esters is 4. The van der Waals surface area contributed by atoms with Crippen molar-refractivity contribution in [3.8, 4) is 23.0 Å². The molecule has 0 saturated heterocycles. The second-order valence-electron chi connectivity index (χ2n) is 19.9. The summed E-state index contributed by atoms with van der Waals surface area (Å²) in [5.74, 6) is 3.46.